The standard InChI is InChI=1S/C24H29ClFN3O4/c1-16-5-8-21(27-13-16)23(32)29-24(9-3-2-4-10-24)12-17(30)14-28-22(31)15-33-18-6-7-19(25)20(26)11-18/h5-8,11,13,17,30H,2-4,9-10,12,14-15H2,1H3,(H,28,31)(H,29,32)/t17-/m0/s1. The van der Waals surface area contributed by atoms with Gasteiger partial charge in [-0.2, -0.15) is 0 Å². The summed E-state index contributed by atoms with van der Waals surface area (Å²) in [5, 5.41) is 16.3. The predicted molar refractivity (Wildman–Crippen MR) is 123 cm³/mol. The van der Waals surface area contributed by atoms with Gasteiger partial charge in [0.15, 0.2) is 6.61 Å². The van der Waals surface area contributed by atoms with Gasteiger partial charge in [-0.05, 0) is 49.9 Å². The van der Waals surface area contributed by atoms with Gasteiger partial charge in [0, 0.05) is 24.3 Å². The molecule has 9 heteroatoms. The van der Waals surface area contributed by atoms with E-state index in [4.69, 9.17) is 16.3 Å². The Hall–Kier alpha value is -2.71. The lowest BCUT2D eigenvalue weighted by Gasteiger charge is -2.39. The van der Waals surface area contributed by atoms with Gasteiger partial charge in [0.2, 0.25) is 0 Å². The van der Waals surface area contributed by atoms with Crippen LogP contribution in [0.15, 0.2) is 36.5 Å². The van der Waals surface area contributed by atoms with Crippen molar-refractivity contribution in [2.45, 2.75) is 57.1 Å². The van der Waals surface area contributed by atoms with Crippen LogP contribution in [0.2, 0.25) is 5.02 Å². The molecule has 2 aromatic rings. The van der Waals surface area contributed by atoms with Crippen molar-refractivity contribution in [1.82, 2.24) is 15.6 Å². The van der Waals surface area contributed by atoms with Gasteiger partial charge < -0.3 is 20.5 Å². The highest BCUT2D eigenvalue weighted by molar-refractivity contribution is 6.30. The van der Waals surface area contributed by atoms with Crippen LogP contribution in [0.1, 0.15) is 54.6 Å². The van der Waals surface area contributed by atoms with E-state index in [-0.39, 0.29) is 29.8 Å². The first kappa shape index (κ1) is 24.9. The molecule has 1 fully saturated rings. The second-order valence-corrected chi connectivity index (χ2v) is 8.95. The lowest BCUT2D eigenvalue weighted by molar-refractivity contribution is -0.123. The Morgan fingerprint density at radius 1 is 1.24 bits per heavy atom. The molecule has 1 aromatic heterocycles. The number of ether oxygens (including phenoxy) is 1. The normalized spacial score (nSPS) is 16.0. The van der Waals surface area contributed by atoms with E-state index < -0.39 is 23.4 Å². The molecule has 0 saturated heterocycles. The molecule has 1 aromatic carbocycles. The van der Waals surface area contributed by atoms with E-state index in [0.717, 1.165) is 43.7 Å². The van der Waals surface area contributed by atoms with Crippen LogP contribution in [0.4, 0.5) is 4.39 Å². The smallest absolute Gasteiger partial charge is 0.270 e. The molecule has 1 aliphatic carbocycles. The van der Waals surface area contributed by atoms with Crippen LogP contribution in [0.25, 0.3) is 0 Å². The molecule has 7 nitrogen and oxygen atoms in total. The fourth-order valence-corrected chi connectivity index (χ4v) is 4.15. The van der Waals surface area contributed by atoms with E-state index in [1.54, 1.807) is 12.3 Å². The average molecular weight is 478 g/mol. The number of pyridine rings is 1. The van der Waals surface area contributed by atoms with Gasteiger partial charge in [-0.1, -0.05) is 36.9 Å². The number of carbonyl (C=O) groups is 2. The fraction of sp³-hybridized carbons (Fsp3) is 0.458. The van der Waals surface area contributed by atoms with Crippen molar-refractivity contribution < 1.29 is 23.8 Å². The largest absolute Gasteiger partial charge is 0.484 e. The van der Waals surface area contributed by atoms with Crippen molar-refractivity contribution in [1.29, 1.82) is 0 Å². The zero-order valence-corrected chi connectivity index (χ0v) is 19.3. The molecule has 33 heavy (non-hydrogen) atoms. The maximum absolute atomic E-state index is 13.5. The Bertz CT molecular complexity index is 965. The summed E-state index contributed by atoms with van der Waals surface area (Å²) in [6.45, 7) is 1.59. The summed E-state index contributed by atoms with van der Waals surface area (Å²) in [6, 6.07) is 7.43. The molecule has 1 saturated carbocycles. The summed E-state index contributed by atoms with van der Waals surface area (Å²) < 4.78 is 18.7. The first-order chi connectivity index (χ1) is 15.8. The predicted octanol–water partition coefficient (Wildman–Crippen LogP) is 3.56. The second-order valence-electron chi connectivity index (χ2n) is 8.54. The minimum Gasteiger partial charge on any atom is -0.484 e. The molecule has 0 spiro atoms. The molecule has 2 amide bonds. The Balaban J connectivity index is 1.51. The number of halogens is 2. The third-order valence-corrected chi connectivity index (χ3v) is 6.06. The van der Waals surface area contributed by atoms with E-state index in [2.05, 4.69) is 15.6 Å². The quantitative estimate of drug-likeness (QED) is 0.512. The summed E-state index contributed by atoms with van der Waals surface area (Å²) in [6.07, 6.45) is 5.59. The number of aliphatic hydroxyl groups excluding tert-OH is 1. The van der Waals surface area contributed by atoms with Crippen molar-refractivity contribution in [2.75, 3.05) is 13.2 Å². The van der Waals surface area contributed by atoms with Crippen LogP contribution in [0, 0.1) is 12.7 Å². The van der Waals surface area contributed by atoms with Crippen LogP contribution >= 0.6 is 11.6 Å². The van der Waals surface area contributed by atoms with Gasteiger partial charge in [0.25, 0.3) is 11.8 Å². The fourth-order valence-electron chi connectivity index (χ4n) is 4.04. The van der Waals surface area contributed by atoms with Crippen molar-refractivity contribution in [3.8, 4) is 5.75 Å². The summed E-state index contributed by atoms with van der Waals surface area (Å²) in [4.78, 5) is 29.0. The summed E-state index contributed by atoms with van der Waals surface area (Å²) in [5.74, 6) is -1.17. The van der Waals surface area contributed by atoms with E-state index in [0.29, 0.717) is 12.1 Å². The maximum Gasteiger partial charge on any atom is 0.270 e. The van der Waals surface area contributed by atoms with Gasteiger partial charge in [0.1, 0.15) is 17.3 Å². The first-order valence-corrected chi connectivity index (χ1v) is 11.4. The molecule has 0 aliphatic heterocycles. The van der Waals surface area contributed by atoms with Crippen LogP contribution in [0.5, 0.6) is 5.75 Å². The molecule has 3 N–H and O–H groups in total. The number of benzene rings is 1. The van der Waals surface area contributed by atoms with Crippen LogP contribution < -0.4 is 15.4 Å². The SMILES string of the molecule is Cc1ccc(C(=O)NC2(C[C@H](O)CNC(=O)COc3ccc(Cl)c(F)c3)CCCCC2)nc1. The lowest BCUT2D eigenvalue weighted by Crippen LogP contribution is -2.53. The van der Waals surface area contributed by atoms with Crippen molar-refractivity contribution in [2.24, 2.45) is 0 Å². The van der Waals surface area contributed by atoms with E-state index >= 15 is 0 Å². The molecule has 178 valence electrons. The maximum atomic E-state index is 13.5. The van der Waals surface area contributed by atoms with Crippen molar-refractivity contribution >= 4 is 23.4 Å². The van der Waals surface area contributed by atoms with Gasteiger partial charge >= 0.3 is 0 Å². The van der Waals surface area contributed by atoms with E-state index in [1.807, 2.05) is 13.0 Å². The summed E-state index contributed by atoms with van der Waals surface area (Å²) in [7, 11) is 0. The summed E-state index contributed by atoms with van der Waals surface area (Å²) >= 11 is 5.62. The van der Waals surface area contributed by atoms with Crippen LogP contribution in [-0.2, 0) is 4.79 Å². The molecular weight excluding hydrogens is 449 g/mol. The molecule has 0 unspecified atom stereocenters. The number of hydrogen-bond donors (Lipinski definition) is 3. The minimum atomic E-state index is -0.855. The third-order valence-electron chi connectivity index (χ3n) is 5.76. The van der Waals surface area contributed by atoms with Gasteiger partial charge in [-0.25, -0.2) is 4.39 Å². The molecule has 0 bridgehead atoms. The van der Waals surface area contributed by atoms with Crippen LogP contribution in [0.3, 0.4) is 0 Å². The number of nitrogens with one attached hydrogen (secondary N) is 2. The zero-order valence-electron chi connectivity index (χ0n) is 18.6. The Morgan fingerprint density at radius 2 is 2.00 bits per heavy atom. The number of aryl methyl sites for hydroxylation is 1. The van der Waals surface area contributed by atoms with E-state index in [1.165, 1.54) is 12.1 Å². The Morgan fingerprint density at radius 3 is 2.67 bits per heavy atom. The highest BCUT2D eigenvalue weighted by atomic mass is 35.5. The Kier molecular flexibility index (Phi) is 8.63. The highest BCUT2D eigenvalue weighted by Crippen LogP contribution is 2.32. The minimum absolute atomic E-state index is 0.0115. The van der Waals surface area contributed by atoms with Crippen LogP contribution in [-0.4, -0.2) is 46.7 Å². The third kappa shape index (κ3) is 7.40. The van der Waals surface area contributed by atoms with Gasteiger partial charge in [-0.15, -0.1) is 0 Å². The second kappa shape index (κ2) is 11.4. The number of hydrogen-bond acceptors (Lipinski definition) is 5. The average Bonchev–Trinajstić information content (AvgIpc) is 2.79. The number of aromatic nitrogens is 1. The topological polar surface area (TPSA) is 101 Å². The number of amides is 2. The zero-order chi connectivity index (χ0) is 23.8. The molecule has 1 heterocycles. The molecular formula is C24H29ClFN3O4. The molecule has 1 aliphatic rings. The first-order valence-electron chi connectivity index (χ1n) is 11.0. The highest BCUT2D eigenvalue weighted by Gasteiger charge is 2.36. The molecule has 1 atom stereocenters. The lowest BCUT2D eigenvalue weighted by atomic mass is 9.77. The summed E-state index contributed by atoms with van der Waals surface area (Å²) in [5.41, 5.74) is 0.753. The number of aliphatic hydroxyl groups is 1. The number of carbonyl (C=O) groups excluding carboxylic acids is 2. The molecule has 0 radical (unpaired) electrons. The number of rotatable bonds is 9. The van der Waals surface area contributed by atoms with Gasteiger partial charge in [0.05, 0.1) is 11.1 Å². The number of nitrogens with zero attached hydrogens (tertiary/aromatic N) is 1. The monoisotopic (exact) mass is 477 g/mol. The molecule has 3 rings (SSSR count). The van der Waals surface area contributed by atoms with Crippen molar-refractivity contribution in [3.05, 3.63) is 58.6 Å². The Labute approximate surface area is 197 Å². The van der Waals surface area contributed by atoms with Gasteiger partial charge in [-0.3, -0.25) is 14.6 Å². The van der Waals surface area contributed by atoms with E-state index in [9.17, 15) is 19.1 Å². The van der Waals surface area contributed by atoms with Crippen molar-refractivity contribution in [3.63, 3.8) is 0 Å².